The lowest BCUT2D eigenvalue weighted by molar-refractivity contribution is 0.183. The summed E-state index contributed by atoms with van der Waals surface area (Å²) in [5.41, 5.74) is 0. The molecule has 0 amide bonds. The van der Waals surface area contributed by atoms with E-state index in [9.17, 15) is 5.11 Å². The predicted molar refractivity (Wildman–Crippen MR) is 46.8 cm³/mol. The fourth-order valence-electron chi connectivity index (χ4n) is 0.744. The van der Waals surface area contributed by atoms with E-state index in [0.717, 1.165) is 6.42 Å². The summed E-state index contributed by atoms with van der Waals surface area (Å²) in [6, 6.07) is 1.75. The first-order chi connectivity index (χ1) is 5.83. The molecular formula is C8H13N3O. The Labute approximate surface area is 71.7 Å². The van der Waals surface area contributed by atoms with E-state index in [2.05, 4.69) is 15.3 Å². The van der Waals surface area contributed by atoms with Gasteiger partial charge in [0.1, 0.15) is 0 Å². The van der Waals surface area contributed by atoms with Crippen molar-refractivity contribution < 1.29 is 5.11 Å². The number of rotatable bonds is 4. The minimum atomic E-state index is -0.325. The number of nitrogens with one attached hydrogen (secondary N) is 1. The number of aromatic nitrogens is 2. The summed E-state index contributed by atoms with van der Waals surface area (Å²) in [4.78, 5) is 7.90. The van der Waals surface area contributed by atoms with Gasteiger partial charge in [0.05, 0.1) is 6.10 Å². The van der Waals surface area contributed by atoms with Crippen LogP contribution in [-0.2, 0) is 0 Å². The molecule has 2 N–H and O–H groups in total. The Morgan fingerprint density at radius 1 is 1.50 bits per heavy atom. The molecule has 0 bridgehead atoms. The third-order valence-electron chi connectivity index (χ3n) is 1.53. The number of hydrogen-bond acceptors (Lipinski definition) is 4. The average Bonchev–Trinajstić information content (AvgIpc) is 2.16. The highest BCUT2D eigenvalue weighted by Crippen LogP contribution is 1.95. The summed E-state index contributed by atoms with van der Waals surface area (Å²) >= 11 is 0. The summed E-state index contributed by atoms with van der Waals surface area (Å²) < 4.78 is 0. The number of hydrogen-bond donors (Lipinski definition) is 2. The van der Waals surface area contributed by atoms with Crippen molar-refractivity contribution in [2.24, 2.45) is 0 Å². The van der Waals surface area contributed by atoms with Gasteiger partial charge in [0.25, 0.3) is 0 Å². The second-order valence-corrected chi connectivity index (χ2v) is 2.52. The molecule has 0 radical (unpaired) electrons. The minimum absolute atomic E-state index is 0.325. The summed E-state index contributed by atoms with van der Waals surface area (Å²) in [5, 5.41) is 12.1. The monoisotopic (exact) mass is 167 g/mol. The van der Waals surface area contributed by atoms with Gasteiger partial charge in [-0.05, 0) is 12.5 Å². The van der Waals surface area contributed by atoms with E-state index in [1.807, 2.05) is 6.92 Å². The molecule has 12 heavy (non-hydrogen) atoms. The maximum atomic E-state index is 9.20. The predicted octanol–water partition coefficient (Wildman–Crippen LogP) is 0.659. The zero-order chi connectivity index (χ0) is 8.81. The molecular weight excluding hydrogens is 154 g/mol. The molecule has 4 nitrogen and oxygen atoms in total. The molecule has 0 fully saturated rings. The maximum Gasteiger partial charge on any atom is 0.222 e. The van der Waals surface area contributed by atoms with Crippen molar-refractivity contribution in [3.8, 4) is 0 Å². The standard InChI is InChI=1S/C8H13N3O/c1-2-7(12)6-11-8-9-4-3-5-10-8/h3-5,7,12H,2,6H2,1H3,(H,9,10,11). The van der Waals surface area contributed by atoms with Gasteiger partial charge in [0.2, 0.25) is 5.95 Å². The Bertz CT molecular complexity index is 215. The van der Waals surface area contributed by atoms with E-state index in [1.54, 1.807) is 18.5 Å². The van der Waals surface area contributed by atoms with Crippen LogP contribution in [-0.4, -0.2) is 27.7 Å². The normalized spacial score (nSPS) is 12.5. The summed E-state index contributed by atoms with van der Waals surface area (Å²) in [6.45, 7) is 2.43. The zero-order valence-corrected chi connectivity index (χ0v) is 7.07. The first kappa shape index (κ1) is 8.93. The Morgan fingerprint density at radius 3 is 2.75 bits per heavy atom. The second kappa shape index (κ2) is 4.66. The molecule has 1 aromatic rings. The third kappa shape index (κ3) is 2.84. The van der Waals surface area contributed by atoms with Crippen LogP contribution < -0.4 is 5.32 Å². The fourth-order valence-corrected chi connectivity index (χ4v) is 0.744. The Kier molecular flexibility index (Phi) is 3.47. The van der Waals surface area contributed by atoms with Crippen LogP contribution in [0.2, 0.25) is 0 Å². The number of anilines is 1. The first-order valence-corrected chi connectivity index (χ1v) is 4.02. The maximum absolute atomic E-state index is 9.20. The molecule has 1 rings (SSSR count). The lowest BCUT2D eigenvalue weighted by atomic mass is 10.3. The van der Waals surface area contributed by atoms with Crippen molar-refractivity contribution in [3.05, 3.63) is 18.5 Å². The van der Waals surface area contributed by atoms with Crippen molar-refractivity contribution in [2.75, 3.05) is 11.9 Å². The van der Waals surface area contributed by atoms with Crippen molar-refractivity contribution >= 4 is 5.95 Å². The Morgan fingerprint density at radius 2 is 2.17 bits per heavy atom. The van der Waals surface area contributed by atoms with Gasteiger partial charge < -0.3 is 10.4 Å². The molecule has 0 aliphatic carbocycles. The van der Waals surface area contributed by atoms with Gasteiger partial charge in [-0.3, -0.25) is 0 Å². The topological polar surface area (TPSA) is 58.0 Å². The van der Waals surface area contributed by atoms with E-state index in [0.29, 0.717) is 12.5 Å². The van der Waals surface area contributed by atoms with Gasteiger partial charge >= 0.3 is 0 Å². The molecule has 1 atom stereocenters. The number of nitrogens with zero attached hydrogens (tertiary/aromatic N) is 2. The van der Waals surface area contributed by atoms with Crippen LogP contribution in [0.15, 0.2) is 18.5 Å². The lowest BCUT2D eigenvalue weighted by Crippen LogP contribution is -2.19. The SMILES string of the molecule is CCC(O)CNc1ncccn1. The van der Waals surface area contributed by atoms with Crippen LogP contribution in [0.25, 0.3) is 0 Å². The smallest absolute Gasteiger partial charge is 0.222 e. The molecule has 0 saturated carbocycles. The Hall–Kier alpha value is -1.16. The van der Waals surface area contributed by atoms with E-state index in [-0.39, 0.29) is 6.10 Å². The molecule has 1 unspecified atom stereocenters. The van der Waals surface area contributed by atoms with E-state index in [4.69, 9.17) is 0 Å². The fraction of sp³-hybridized carbons (Fsp3) is 0.500. The highest BCUT2D eigenvalue weighted by molar-refractivity contribution is 5.21. The van der Waals surface area contributed by atoms with Crippen LogP contribution in [0.3, 0.4) is 0 Å². The highest BCUT2D eigenvalue weighted by Gasteiger charge is 1.99. The van der Waals surface area contributed by atoms with Gasteiger partial charge in [0, 0.05) is 18.9 Å². The van der Waals surface area contributed by atoms with Crippen molar-refractivity contribution in [2.45, 2.75) is 19.4 Å². The average molecular weight is 167 g/mol. The van der Waals surface area contributed by atoms with Crippen LogP contribution in [0, 0.1) is 0 Å². The quantitative estimate of drug-likeness (QED) is 0.691. The first-order valence-electron chi connectivity index (χ1n) is 4.02. The second-order valence-electron chi connectivity index (χ2n) is 2.52. The van der Waals surface area contributed by atoms with E-state index >= 15 is 0 Å². The molecule has 0 aliphatic rings. The van der Waals surface area contributed by atoms with Crippen LogP contribution >= 0.6 is 0 Å². The van der Waals surface area contributed by atoms with Gasteiger partial charge in [-0.2, -0.15) is 0 Å². The molecule has 0 aliphatic heterocycles. The minimum Gasteiger partial charge on any atom is -0.391 e. The van der Waals surface area contributed by atoms with Crippen LogP contribution in [0.1, 0.15) is 13.3 Å². The summed E-state index contributed by atoms with van der Waals surface area (Å²) in [7, 11) is 0. The van der Waals surface area contributed by atoms with Crippen molar-refractivity contribution in [1.82, 2.24) is 9.97 Å². The van der Waals surface area contributed by atoms with Gasteiger partial charge in [-0.25, -0.2) is 9.97 Å². The largest absolute Gasteiger partial charge is 0.391 e. The van der Waals surface area contributed by atoms with Gasteiger partial charge in [0.15, 0.2) is 0 Å². The Balaban J connectivity index is 2.33. The molecule has 1 heterocycles. The van der Waals surface area contributed by atoms with Gasteiger partial charge in [-0.1, -0.05) is 6.92 Å². The molecule has 0 aromatic carbocycles. The van der Waals surface area contributed by atoms with Gasteiger partial charge in [-0.15, -0.1) is 0 Å². The molecule has 0 spiro atoms. The van der Waals surface area contributed by atoms with E-state index < -0.39 is 0 Å². The molecule has 1 aromatic heterocycles. The zero-order valence-electron chi connectivity index (χ0n) is 7.07. The molecule has 0 saturated heterocycles. The highest BCUT2D eigenvalue weighted by atomic mass is 16.3. The lowest BCUT2D eigenvalue weighted by Gasteiger charge is -2.08. The number of aliphatic hydroxyl groups is 1. The molecule has 4 heteroatoms. The van der Waals surface area contributed by atoms with Crippen molar-refractivity contribution in [1.29, 1.82) is 0 Å². The summed E-state index contributed by atoms with van der Waals surface area (Å²) in [5.74, 6) is 0.560. The van der Waals surface area contributed by atoms with Crippen LogP contribution in [0.4, 0.5) is 5.95 Å². The third-order valence-corrected chi connectivity index (χ3v) is 1.53. The summed E-state index contributed by atoms with van der Waals surface area (Å²) in [6.07, 6.45) is 3.73. The van der Waals surface area contributed by atoms with Crippen LogP contribution in [0.5, 0.6) is 0 Å². The van der Waals surface area contributed by atoms with E-state index in [1.165, 1.54) is 0 Å². The van der Waals surface area contributed by atoms with Crippen molar-refractivity contribution in [3.63, 3.8) is 0 Å². The number of aliphatic hydroxyl groups excluding tert-OH is 1. The molecule has 66 valence electrons.